The summed E-state index contributed by atoms with van der Waals surface area (Å²) in [5.41, 5.74) is 2.04. The SMILES string of the molecule is CCOC(=O)C=CC#Cc1ccc(N(C)C)cc1. The van der Waals surface area contributed by atoms with Crippen molar-refractivity contribution >= 4 is 11.7 Å². The molecule has 0 unspecified atom stereocenters. The summed E-state index contributed by atoms with van der Waals surface area (Å²) in [6.45, 7) is 2.15. The number of esters is 1. The summed E-state index contributed by atoms with van der Waals surface area (Å²) in [6, 6.07) is 7.89. The lowest BCUT2D eigenvalue weighted by atomic mass is 10.2. The maximum atomic E-state index is 11.0. The molecule has 0 saturated carbocycles. The molecule has 0 atom stereocenters. The van der Waals surface area contributed by atoms with Crippen LogP contribution in [0.1, 0.15) is 12.5 Å². The Morgan fingerprint density at radius 1 is 1.33 bits per heavy atom. The van der Waals surface area contributed by atoms with Crippen LogP contribution in [-0.4, -0.2) is 26.7 Å². The van der Waals surface area contributed by atoms with Crippen LogP contribution in [0.5, 0.6) is 0 Å². The van der Waals surface area contributed by atoms with Crippen LogP contribution in [0.3, 0.4) is 0 Å². The van der Waals surface area contributed by atoms with Gasteiger partial charge in [0.2, 0.25) is 0 Å². The van der Waals surface area contributed by atoms with Gasteiger partial charge in [-0.2, -0.15) is 0 Å². The van der Waals surface area contributed by atoms with Crippen LogP contribution < -0.4 is 4.90 Å². The molecular formula is C15H17NO2. The van der Waals surface area contributed by atoms with E-state index >= 15 is 0 Å². The molecule has 0 spiro atoms. The fourth-order valence-electron chi connectivity index (χ4n) is 1.27. The van der Waals surface area contributed by atoms with Gasteiger partial charge in [0.05, 0.1) is 6.61 Å². The van der Waals surface area contributed by atoms with Crippen molar-refractivity contribution in [1.82, 2.24) is 0 Å². The van der Waals surface area contributed by atoms with Crippen LogP contribution in [-0.2, 0) is 9.53 Å². The van der Waals surface area contributed by atoms with E-state index in [0.29, 0.717) is 6.61 Å². The molecule has 94 valence electrons. The van der Waals surface area contributed by atoms with Gasteiger partial charge in [-0.1, -0.05) is 11.8 Å². The van der Waals surface area contributed by atoms with Gasteiger partial charge in [0.25, 0.3) is 0 Å². The van der Waals surface area contributed by atoms with E-state index in [4.69, 9.17) is 4.74 Å². The monoisotopic (exact) mass is 243 g/mol. The number of allylic oxidation sites excluding steroid dienone is 1. The fraction of sp³-hybridized carbons (Fsp3) is 0.267. The number of ether oxygens (including phenoxy) is 1. The zero-order chi connectivity index (χ0) is 13.4. The van der Waals surface area contributed by atoms with Crippen molar-refractivity contribution in [3.63, 3.8) is 0 Å². The number of carbonyl (C=O) groups excluding carboxylic acids is 1. The van der Waals surface area contributed by atoms with Crippen molar-refractivity contribution in [3.05, 3.63) is 42.0 Å². The average Bonchev–Trinajstić information content (AvgIpc) is 2.35. The largest absolute Gasteiger partial charge is 0.463 e. The maximum absolute atomic E-state index is 11.0. The first-order chi connectivity index (χ1) is 8.63. The molecule has 0 aliphatic rings. The second-order valence-corrected chi connectivity index (χ2v) is 3.80. The molecule has 0 radical (unpaired) electrons. The Morgan fingerprint density at radius 2 is 2.00 bits per heavy atom. The number of anilines is 1. The van der Waals surface area contributed by atoms with E-state index in [2.05, 4.69) is 11.8 Å². The molecule has 0 amide bonds. The van der Waals surface area contributed by atoms with Crippen LogP contribution in [0.25, 0.3) is 0 Å². The molecule has 0 bridgehead atoms. The van der Waals surface area contributed by atoms with Crippen LogP contribution in [0.2, 0.25) is 0 Å². The van der Waals surface area contributed by atoms with Gasteiger partial charge in [0, 0.05) is 31.4 Å². The summed E-state index contributed by atoms with van der Waals surface area (Å²) >= 11 is 0. The van der Waals surface area contributed by atoms with Crippen molar-refractivity contribution in [1.29, 1.82) is 0 Å². The first-order valence-corrected chi connectivity index (χ1v) is 5.75. The van der Waals surface area contributed by atoms with Crippen molar-refractivity contribution < 1.29 is 9.53 Å². The second kappa shape index (κ2) is 7.18. The Bertz CT molecular complexity index is 475. The van der Waals surface area contributed by atoms with Crippen LogP contribution in [0.15, 0.2) is 36.4 Å². The molecule has 0 aliphatic carbocycles. The maximum Gasteiger partial charge on any atom is 0.331 e. The van der Waals surface area contributed by atoms with Gasteiger partial charge in [0.1, 0.15) is 0 Å². The molecule has 0 aliphatic heterocycles. The summed E-state index contributed by atoms with van der Waals surface area (Å²) in [5, 5.41) is 0. The van der Waals surface area contributed by atoms with Crippen molar-refractivity contribution in [2.24, 2.45) is 0 Å². The van der Waals surface area contributed by atoms with Gasteiger partial charge in [0.15, 0.2) is 0 Å². The first kappa shape index (κ1) is 13.9. The highest BCUT2D eigenvalue weighted by Gasteiger charge is 1.93. The molecule has 1 aromatic rings. The summed E-state index contributed by atoms with van der Waals surface area (Å²) in [5.74, 6) is 5.37. The Balaban J connectivity index is 2.60. The van der Waals surface area contributed by atoms with Gasteiger partial charge in [-0.25, -0.2) is 4.79 Å². The van der Waals surface area contributed by atoms with Crippen LogP contribution in [0.4, 0.5) is 5.69 Å². The summed E-state index contributed by atoms with van der Waals surface area (Å²) in [7, 11) is 3.98. The van der Waals surface area contributed by atoms with Gasteiger partial charge >= 0.3 is 5.97 Å². The van der Waals surface area contributed by atoms with Crippen LogP contribution in [0, 0.1) is 11.8 Å². The fourth-order valence-corrected chi connectivity index (χ4v) is 1.27. The van der Waals surface area contributed by atoms with E-state index in [1.165, 1.54) is 12.2 Å². The lowest BCUT2D eigenvalue weighted by Crippen LogP contribution is -2.07. The number of carbonyl (C=O) groups is 1. The summed E-state index contributed by atoms with van der Waals surface area (Å²) < 4.78 is 4.74. The minimum atomic E-state index is -0.366. The van der Waals surface area contributed by atoms with Gasteiger partial charge in [-0.15, -0.1) is 0 Å². The third-order valence-corrected chi connectivity index (χ3v) is 2.19. The molecule has 0 heterocycles. The molecule has 0 N–H and O–H groups in total. The van der Waals surface area contributed by atoms with Crippen molar-refractivity contribution in [2.45, 2.75) is 6.92 Å². The highest BCUT2D eigenvalue weighted by Crippen LogP contribution is 2.11. The normalized spacial score (nSPS) is 9.72. The topological polar surface area (TPSA) is 29.5 Å². The molecule has 1 rings (SSSR count). The number of rotatable bonds is 3. The number of hydrogen-bond donors (Lipinski definition) is 0. The minimum Gasteiger partial charge on any atom is -0.463 e. The predicted molar refractivity (Wildman–Crippen MR) is 73.4 cm³/mol. The van der Waals surface area contributed by atoms with E-state index in [-0.39, 0.29) is 5.97 Å². The Hall–Kier alpha value is -2.21. The van der Waals surface area contributed by atoms with E-state index in [0.717, 1.165) is 11.3 Å². The van der Waals surface area contributed by atoms with Gasteiger partial charge < -0.3 is 9.64 Å². The molecule has 0 aromatic heterocycles. The second-order valence-electron chi connectivity index (χ2n) is 3.80. The zero-order valence-electron chi connectivity index (χ0n) is 10.9. The predicted octanol–water partition coefficient (Wildman–Crippen LogP) is 2.22. The van der Waals surface area contributed by atoms with E-state index in [1.54, 1.807) is 6.92 Å². The number of hydrogen-bond acceptors (Lipinski definition) is 3. The van der Waals surface area contributed by atoms with Gasteiger partial charge in [-0.05, 0) is 37.3 Å². The average molecular weight is 243 g/mol. The summed E-state index contributed by atoms with van der Waals surface area (Å²) in [6.07, 6.45) is 2.82. The van der Waals surface area contributed by atoms with Gasteiger partial charge in [-0.3, -0.25) is 0 Å². The van der Waals surface area contributed by atoms with E-state index in [1.807, 2.05) is 43.3 Å². The smallest absolute Gasteiger partial charge is 0.331 e. The third-order valence-electron chi connectivity index (χ3n) is 2.19. The molecular weight excluding hydrogens is 226 g/mol. The number of benzene rings is 1. The molecule has 0 saturated heterocycles. The summed E-state index contributed by atoms with van der Waals surface area (Å²) in [4.78, 5) is 13.0. The third kappa shape index (κ3) is 4.75. The molecule has 3 heteroatoms. The lowest BCUT2D eigenvalue weighted by Gasteiger charge is -2.11. The Morgan fingerprint density at radius 3 is 2.56 bits per heavy atom. The number of nitrogens with zero attached hydrogens (tertiary/aromatic N) is 1. The molecule has 0 fully saturated rings. The van der Waals surface area contributed by atoms with E-state index in [9.17, 15) is 4.79 Å². The highest BCUT2D eigenvalue weighted by molar-refractivity contribution is 5.82. The van der Waals surface area contributed by atoms with Crippen LogP contribution >= 0.6 is 0 Å². The molecule has 1 aromatic carbocycles. The minimum absolute atomic E-state index is 0.366. The zero-order valence-corrected chi connectivity index (χ0v) is 10.9. The van der Waals surface area contributed by atoms with Crippen molar-refractivity contribution in [2.75, 3.05) is 25.6 Å². The highest BCUT2D eigenvalue weighted by atomic mass is 16.5. The van der Waals surface area contributed by atoms with Crippen molar-refractivity contribution in [3.8, 4) is 11.8 Å². The van der Waals surface area contributed by atoms with E-state index < -0.39 is 0 Å². The molecule has 18 heavy (non-hydrogen) atoms. The quantitative estimate of drug-likeness (QED) is 0.463. The first-order valence-electron chi connectivity index (χ1n) is 5.75. The standard InChI is InChI=1S/C15H17NO2/c1-4-18-15(17)8-6-5-7-13-9-11-14(12-10-13)16(2)3/h6,8-12H,4H2,1-3H3. The molecule has 3 nitrogen and oxygen atoms in total. The Kier molecular flexibility index (Phi) is 5.53. The Labute approximate surface area is 108 Å². The lowest BCUT2D eigenvalue weighted by molar-refractivity contribution is -0.137.